The number of aromatic nitrogens is 4. The zero-order valence-corrected chi connectivity index (χ0v) is 9.32. The second-order valence-electron chi connectivity index (χ2n) is 3.85. The minimum absolute atomic E-state index is 0.623. The lowest BCUT2D eigenvalue weighted by Crippen LogP contribution is -2.08. The molecule has 0 saturated heterocycles. The van der Waals surface area contributed by atoms with Crippen molar-refractivity contribution in [2.45, 2.75) is 6.54 Å². The molecule has 3 aromatic rings. The first-order valence-corrected chi connectivity index (χ1v) is 5.53. The second kappa shape index (κ2) is 4.03. The third-order valence-corrected chi connectivity index (χ3v) is 2.73. The Morgan fingerprint density at radius 1 is 1.29 bits per heavy atom. The van der Waals surface area contributed by atoms with Crippen LogP contribution in [0.1, 0.15) is 0 Å². The van der Waals surface area contributed by atoms with E-state index in [1.807, 2.05) is 41.3 Å². The predicted octanol–water partition coefficient (Wildman–Crippen LogP) is 1.16. The molecule has 5 heteroatoms. The molecular formula is C12H13N5. The Kier molecular flexibility index (Phi) is 2.38. The molecular weight excluding hydrogens is 214 g/mol. The quantitative estimate of drug-likeness (QED) is 0.730. The number of fused-ring (bicyclic) bond motifs is 1. The fourth-order valence-electron chi connectivity index (χ4n) is 1.91. The third kappa shape index (κ3) is 1.70. The molecule has 5 nitrogen and oxygen atoms in total. The van der Waals surface area contributed by atoms with E-state index in [0.717, 1.165) is 23.4 Å². The van der Waals surface area contributed by atoms with Gasteiger partial charge in [-0.2, -0.15) is 5.10 Å². The maximum absolute atomic E-state index is 5.57. The van der Waals surface area contributed by atoms with Crippen molar-refractivity contribution in [1.29, 1.82) is 0 Å². The number of nitrogens with two attached hydrogens (primary N) is 1. The smallest absolute Gasteiger partial charge is 0.136 e. The van der Waals surface area contributed by atoms with E-state index >= 15 is 0 Å². The van der Waals surface area contributed by atoms with Gasteiger partial charge in [0.05, 0.1) is 5.69 Å². The average molecular weight is 227 g/mol. The van der Waals surface area contributed by atoms with E-state index in [-0.39, 0.29) is 0 Å². The van der Waals surface area contributed by atoms with Crippen molar-refractivity contribution in [3.05, 3.63) is 43.0 Å². The van der Waals surface area contributed by atoms with Crippen LogP contribution in [0, 0.1) is 0 Å². The standard InChI is InChI=1S/C12H13N5/c13-3-5-16-6-7-17-12(16)8-11(15-17)10-2-1-4-14-9-10/h1-2,4,6-9H,3,5,13H2. The first-order valence-electron chi connectivity index (χ1n) is 5.53. The summed E-state index contributed by atoms with van der Waals surface area (Å²) in [6.45, 7) is 1.42. The SMILES string of the molecule is NCCn1ccn2nc(-c3cccnc3)cc12. The largest absolute Gasteiger partial charge is 0.330 e. The van der Waals surface area contributed by atoms with Crippen LogP contribution in [-0.2, 0) is 6.54 Å². The maximum Gasteiger partial charge on any atom is 0.136 e. The monoisotopic (exact) mass is 227 g/mol. The van der Waals surface area contributed by atoms with Crippen LogP contribution in [0.25, 0.3) is 16.9 Å². The van der Waals surface area contributed by atoms with E-state index in [1.54, 1.807) is 6.20 Å². The number of hydrogen-bond donors (Lipinski definition) is 1. The number of hydrogen-bond acceptors (Lipinski definition) is 3. The summed E-state index contributed by atoms with van der Waals surface area (Å²) in [6.07, 6.45) is 7.50. The van der Waals surface area contributed by atoms with Crippen molar-refractivity contribution in [3.63, 3.8) is 0 Å². The van der Waals surface area contributed by atoms with E-state index < -0.39 is 0 Å². The summed E-state index contributed by atoms with van der Waals surface area (Å²) in [6, 6.07) is 5.96. The van der Waals surface area contributed by atoms with Crippen molar-refractivity contribution in [3.8, 4) is 11.3 Å². The molecule has 0 aromatic carbocycles. The molecule has 0 aliphatic heterocycles. The summed E-state index contributed by atoms with van der Waals surface area (Å²) in [5.74, 6) is 0. The molecule has 86 valence electrons. The molecule has 0 amide bonds. The van der Waals surface area contributed by atoms with Gasteiger partial charge in [0, 0.05) is 49.5 Å². The van der Waals surface area contributed by atoms with Gasteiger partial charge in [0.25, 0.3) is 0 Å². The zero-order chi connectivity index (χ0) is 11.7. The number of nitrogens with zero attached hydrogens (tertiary/aromatic N) is 4. The summed E-state index contributed by atoms with van der Waals surface area (Å²) in [5.41, 5.74) is 8.57. The zero-order valence-electron chi connectivity index (χ0n) is 9.32. The minimum atomic E-state index is 0.623. The summed E-state index contributed by atoms with van der Waals surface area (Å²) in [7, 11) is 0. The van der Waals surface area contributed by atoms with Crippen LogP contribution in [0.5, 0.6) is 0 Å². The fraction of sp³-hybridized carbons (Fsp3) is 0.167. The van der Waals surface area contributed by atoms with E-state index in [1.165, 1.54) is 0 Å². The van der Waals surface area contributed by atoms with E-state index in [2.05, 4.69) is 14.6 Å². The molecule has 0 aliphatic carbocycles. The highest BCUT2D eigenvalue weighted by Gasteiger charge is 2.07. The summed E-state index contributed by atoms with van der Waals surface area (Å²) in [5, 5.41) is 4.50. The Hall–Kier alpha value is -2.14. The number of imidazole rings is 1. The minimum Gasteiger partial charge on any atom is -0.330 e. The molecule has 0 aliphatic rings. The van der Waals surface area contributed by atoms with Crippen LogP contribution in [0.15, 0.2) is 43.0 Å². The highest BCUT2D eigenvalue weighted by molar-refractivity contribution is 5.63. The summed E-state index contributed by atoms with van der Waals surface area (Å²) in [4.78, 5) is 4.10. The van der Waals surface area contributed by atoms with E-state index in [4.69, 9.17) is 5.73 Å². The summed E-state index contributed by atoms with van der Waals surface area (Å²) < 4.78 is 3.95. The van der Waals surface area contributed by atoms with Gasteiger partial charge >= 0.3 is 0 Å². The Balaban J connectivity index is 2.08. The van der Waals surface area contributed by atoms with Crippen LogP contribution in [-0.4, -0.2) is 25.7 Å². The molecule has 0 bridgehead atoms. The first-order chi connectivity index (χ1) is 8.38. The topological polar surface area (TPSA) is 61.1 Å². The molecule has 2 N–H and O–H groups in total. The van der Waals surface area contributed by atoms with Crippen LogP contribution < -0.4 is 5.73 Å². The van der Waals surface area contributed by atoms with Crippen LogP contribution >= 0.6 is 0 Å². The second-order valence-corrected chi connectivity index (χ2v) is 3.85. The molecule has 0 fully saturated rings. The average Bonchev–Trinajstić information content (AvgIpc) is 2.93. The van der Waals surface area contributed by atoms with E-state index in [9.17, 15) is 0 Å². The molecule has 0 radical (unpaired) electrons. The van der Waals surface area contributed by atoms with Crippen LogP contribution in [0.2, 0.25) is 0 Å². The molecule has 0 spiro atoms. The molecule has 0 unspecified atom stereocenters. The molecule has 0 saturated carbocycles. The maximum atomic E-state index is 5.57. The lowest BCUT2D eigenvalue weighted by Gasteiger charge is -1.98. The van der Waals surface area contributed by atoms with Gasteiger partial charge in [0.2, 0.25) is 0 Å². The Labute approximate surface area is 98.5 Å². The molecule has 3 heterocycles. The van der Waals surface area contributed by atoms with Gasteiger partial charge in [-0.05, 0) is 12.1 Å². The fourth-order valence-corrected chi connectivity index (χ4v) is 1.91. The van der Waals surface area contributed by atoms with Gasteiger partial charge in [0.15, 0.2) is 0 Å². The van der Waals surface area contributed by atoms with Crippen molar-refractivity contribution < 1.29 is 0 Å². The van der Waals surface area contributed by atoms with Gasteiger partial charge in [-0.1, -0.05) is 0 Å². The van der Waals surface area contributed by atoms with E-state index in [0.29, 0.717) is 6.54 Å². The molecule has 17 heavy (non-hydrogen) atoms. The van der Waals surface area contributed by atoms with Crippen molar-refractivity contribution in [2.75, 3.05) is 6.54 Å². The first kappa shape index (κ1) is 10.0. The van der Waals surface area contributed by atoms with Gasteiger partial charge in [-0.15, -0.1) is 0 Å². The molecule has 3 aromatic heterocycles. The van der Waals surface area contributed by atoms with Crippen LogP contribution in [0.3, 0.4) is 0 Å². The molecule has 0 atom stereocenters. The lowest BCUT2D eigenvalue weighted by atomic mass is 10.2. The Morgan fingerprint density at radius 3 is 3.00 bits per heavy atom. The number of pyridine rings is 1. The normalized spacial score (nSPS) is 11.1. The van der Waals surface area contributed by atoms with Gasteiger partial charge in [-0.3, -0.25) is 4.98 Å². The van der Waals surface area contributed by atoms with Crippen molar-refractivity contribution in [1.82, 2.24) is 19.2 Å². The predicted molar refractivity (Wildman–Crippen MR) is 65.5 cm³/mol. The third-order valence-electron chi connectivity index (χ3n) is 2.73. The van der Waals surface area contributed by atoms with Crippen LogP contribution in [0.4, 0.5) is 0 Å². The van der Waals surface area contributed by atoms with Crippen molar-refractivity contribution in [2.24, 2.45) is 5.73 Å². The Bertz CT molecular complexity index is 623. The highest BCUT2D eigenvalue weighted by Crippen LogP contribution is 2.18. The summed E-state index contributed by atoms with van der Waals surface area (Å²) >= 11 is 0. The van der Waals surface area contributed by atoms with Gasteiger partial charge in [-0.25, -0.2) is 4.52 Å². The Morgan fingerprint density at radius 2 is 2.24 bits per heavy atom. The molecule has 3 rings (SSSR count). The van der Waals surface area contributed by atoms with Crippen molar-refractivity contribution >= 4 is 5.65 Å². The number of rotatable bonds is 3. The highest BCUT2D eigenvalue weighted by atomic mass is 15.3. The van der Waals surface area contributed by atoms with Gasteiger partial charge < -0.3 is 10.3 Å². The lowest BCUT2D eigenvalue weighted by molar-refractivity contribution is 0.730. The van der Waals surface area contributed by atoms with Gasteiger partial charge in [0.1, 0.15) is 5.65 Å².